The number of rotatable bonds is 18. The van der Waals surface area contributed by atoms with Gasteiger partial charge in [-0.05, 0) is 90.6 Å². The number of ketones is 3. The molecular formula is C58H55N9O6. The summed E-state index contributed by atoms with van der Waals surface area (Å²) in [6, 6.07) is 37.6. The first-order chi connectivity index (χ1) is 35.1. The van der Waals surface area contributed by atoms with Crippen molar-refractivity contribution in [3.05, 3.63) is 195 Å². The molecule has 73 heavy (non-hydrogen) atoms. The van der Waals surface area contributed by atoms with E-state index in [0.29, 0.717) is 16.7 Å². The summed E-state index contributed by atoms with van der Waals surface area (Å²) in [5.74, 6) is -2.80. The van der Waals surface area contributed by atoms with Gasteiger partial charge in [-0.15, -0.1) is 0 Å². The number of hydrogen-bond acceptors (Lipinski definition) is 9. The molecule has 15 heteroatoms. The average molecular weight is 974 g/mol. The second-order valence-electron chi connectivity index (χ2n) is 18.4. The number of nitrogen functional groups attached to an aromatic ring is 3. The Hall–Kier alpha value is -9.24. The van der Waals surface area contributed by atoms with E-state index >= 15 is 0 Å². The van der Waals surface area contributed by atoms with E-state index in [4.69, 9.17) is 17.2 Å². The zero-order valence-corrected chi connectivity index (χ0v) is 40.6. The summed E-state index contributed by atoms with van der Waals surface area (Å²) in [4.78, 5) is 89.9. The van der Waals surface area contributed by atoms with E-state index in [2.05, 4.69) is 30.9 Å². The summed E-state index contributed by atoms with van der Waals surface area (Å²) in [6.45, 7) is 4.92. The molecule has 0 aliphatic rings. The third-order valence-corrected chi connectivity index (χ3v) is 13.6. The molecule has 3 aromatic heterocycles. The first kappa shape index (κ1) is 48.8. The van der Waals surface area contributed by atoms with E-state index in [1.807, 2.05) is 93.6 Å². The molecule has 0 aliphatic carbocycles. The summed E-state index contributed by atoms with van der Waals surface area (Å²) in [6.07, 6.45) is 0.261. The number of carbonyl (C=O) groups excluding carboxylic acids is 6. The van der Waals surface area contributed by atoms with Gasteiger partial charge in [-0.2, -0.15) is 0 Å². The predicted octanol–water partition coefficient (Wildman–Crippen LogP) is 7.61. The number of H-pyrrole nitrogens is 3. The van der Waals surface area contributed by atoms with Crippen LogP contribution in [0.15, 0.2) is 127 Å². The third kappa shape index (κ3) is 10.3. The number of nitrogens with two attached hydrogens (primary N) is 3. The van der Waals surface area contributed by atoms with E-state index in [1.165, 1.54) is 18.2 Å². The second-order valence-corrected chi connectivity index (χ2v) is 18.4. The second kappa shape index (κ2) is 20.6. The minimum absolute atomic E-state index is 0.0871. The number of aryl methyl sites for hydroxylation is 3. The predicted molar refractivity (Wildman–Crippen MR) is 286 cm³/mol. The molecule has 0 fully saturated rings. The first-order valence-corrected chi connectivity index (χ1v) is 23.9. The Labute approximate surface area is 420 Å². The molecule has 0 bridgehead atoms. The summed E-state index contributed by atoms with van der Waals surface area (Å²) >= 11 is 0. The van der Waals surface area contributed by atoms with Gasteiger partial charge in [-0.25, -0.2) is 0 Å². The molecule has 0 spiro atoms. The van der Waals surface area contributed by atoms with E-state index < -0.39 is 5.92 Å². The van der Waals surface area contributed by atoms with Crippen LogP contribution in [0, 0.1) is 20.8 Å². The molecule has 0 atom stereocenters. The van der Waals surface area contributed by atoms with E-state index in [1.54, 1.807) is 36.4 Å². The van der Waals surface area contributed by atoms with E-state index in [0.717, 1.165) is 66.5 Å². The standard InChI is InChI=1S/C58H55N9O6/c1-31-43(37-10-4-7-13-49(37)65-31)25-55(71)62-28-52(68)34-16-19-40(46(59)22-34)58(41-20-17-35(23-47(41)60)53(69)29-63-56(72)26-44-32(2)66-50-14-8-5-11-38(44)50)42-21-18-36(24-48(42)61)54(70)30-64-57(73)27-45-33(3)67-51-15-9-6-12-39(45)51/h4-24,58,65-67H,25-30,59-61H2,1-3H3,(H,62,71)(H,63,72)(H,64,73). The Bertz CT molecular complexity index is 3300. The van der Waals surface area contributed by atoms with Crippen LogP contribution in [-0.2, 0) is 33.6 Å². The number of aromatic nitrogens is 3. The van der Waals surface area contributed by atoms with Crippen molar-refractivity contribution in [1.82, 2.24) is 30.9 Å². The quantitative estimate of drug-likeness (QED) is 0.0232. The van der Waals surface area contributed by atoms with Gasteiger partial charge >= 0.3 is 0 Å². The van der Waals surface area contributed by atoms with Gasteiger partial charge in [0.2, 0.25) is 17.7 Å². The molecule has 368 valence electrons. The topological polar surface area (TPSA) is 264 Å². The molecule has 0 unspecified atom stereocenters. The molecule has 9 aromatic rings. The number of Topliss-reactive ketones (excluding diaryl/α,β-unsaturated/α-hetero) is 3. The highest BCUT2D eigenvalue weighted by Gasteiger charge is 2.27. The Kier molecular flexibility index (Phi) is 13.8. The molecule has 0 saturated heterocycles. The molecule has 9 rings (SSSR count). The zero-order chi connectivity index (χ0) is 51.5. The summed E-state index contributed by atoms with van der Waals surface area (Å²) in [5, 5.41) is 11.1. The lowest BCUT2D eigenvalue weighted by Crippen LogP contribution is -2.31. The molecule has 3 amide bonds. The summed E-state index contributed by atoms with van der Waals surface area (Å²) < 4.78 is 0. The average Bonchev–Trinajstić information content (AvgIpc) is 3.99. The van der Waals surface area contributed by atoms with Gasteiger partial charge < -0.3 is 48.1 Å². The molecule has 6 aromatic carbocycles. The van der Waals surface area contributed by atoms with Crippen molar-refractivity contribution >= 4 is 84.8 Å². The van der Waals surface area contributed by atoms with Crippen molar-refractivity contribution in [1.29, 1.82) is 0 Å². The van der Waals surface area contributed by atoms with Crippen LogP contribution in [0.25, 0.3) is 32.7 Å². The normalized spacial score (nSPS) is 11.3. The minimum atomic E-state index is -0.769. The molecular weight excluding hydrogens is 919 g/mol. The maximum atomic E-state index is 13.6. The van der Waals surface area contributed by atoms with Crippen LogP contribution in [0.5, 0.6) is 0 Å². The van der Waals surface area contributed by atoms with Crippen LogP contribution in [0.3, 0.4) is 0 Å². The largest absolute Gasteiger partial charge is 0.398 e. The van der Waals surface area contributed by atoms with E-state index in [9.17, 15) is 28.8 Å². The maximum absolute atomic E-state index is 13.6. The van der Waals surface area contributed by atoms with Crippen molar-refractivity contribution in [3.63, 3.8) is 0 Å². The smallest absolute Gasteiger partial charge is 0.224 e. The highest BCUT2D eigenvalue weighted by atomic mass is 16.2. The zero-order valence-electron chi connectivity index (χ0n) is 40.6. The van der Waals surface area contributed by atoms with Gasteiger partial charge in [0.15, 0.2) is 17.3 Å². The Morgan fingerprint density at radius 3 is 0.959 bits per heavy atom. The molecule has 0 aliphatic heterocycles. The van der Waals surface area contributed by atoms with Crippen LogP contribution in [0.4, 0.5) is 17.1 Å². The molecule has 12 N–H and O–H groups in total. The number of aromatic amines is 3. The lowest BCUT2D eigenvalue weighted by atomic mass is 9.81. The number of fused-ring (bicyclic) bond motifs is 3. The minimum Gasteiger partial charge on any atom is -0.398 e. The lowest BCUT2D eigenvalue weighted by molar-refractivity contribution is -0.121. The number of para-hydroxylation sites is 3. The van der Waals surface area contributed by atoms with Gasteiger partial charge in [-0.3, -0.25) is 28.8 Å². The lowest BCUT2D eigenvalue weighted by Gasteiger charge is -2.24. The Morgan fingerprint density at radius 1 is 0.411 bits per heavy atom. The van der Waals surface area contributed by atoms with Gasteiger partial charge in [0.1, 0.15) is 0 Å². The SMILES string of the molecule is Cc1[nH]c2ccccc2c1CC(=O)NCC(=O)c1ccc(C(c2ccc(C(=O)CNC(=O)Cc3c(C)[nH]c4ccccc34)cc2N)c2ccc(C(=O)CNC(=O)Cc3c(C)[nH]c4ccccc34)cc2N)c(N)c1. The fourth-order valence-corrected chi connectivity index (χ4v) is 9.74. The number of anilines is 3. The first-order valence-electron chi connectivity index (χ1n) is 23.9. The van der Waals surface area contributed by atoms with Gasteiger partial charge in [-0.1, -0.05) is 91.0 Å². The molecule has 0 saturated carbocycles. The van der Waals surface area contributed by atoms with E-state index in [-0.39, 0.29) is 108 Å². The fourth-order valence-electron chi connectivity index (χ4n) is 9.74. The van der Waals surface area contributed by atoms with Crippen LogP contribution in [0.2, 0.25) is 0 Å². The molecule has 0 radical (unpaired) electrons. The number of hydrogen-bond donors (Lipinski definition) is 9. The highest BCUT2D eigenvalue weighted by molar-refractivity contribution is 6.03. The number of carbonyl (C=O) groups is 6. The summed E-state index contributed by atoms with van der Waals surface area (Å²) in [7, 11) is 0. The number of amides is 3. The third-order valence-electron chi connectivity index (χ3n) is 13.6. The van der Waals surface area contributed by atoms with Gasteiger partial charge in [0.25, 0.3) is 0 Å². The van der Waals surface area contributed by atoms with Gasteiger partial charge in [0, 0.05) is 89.5 Å². The Morgan fingerprint density at radius 2 is 0.685 bits per heavy atom. The Balaban J connectivity index is 0.933. The van der Waals surface area contributed by atoms with Crippen molar-refractivity contribution in [2.75, 3.05) is 36.8 Å². The molecule has 15 nitrogen and oxygen atoms in total. The maximum Gasteiger partial charge on any atom is 0.224 e. The highest BCUT2D eigenvalue weighted by Crippen LogP contribution is 2.41. The van der Waals surface area contributed by atoms with Crippen molar-refractivity contribution < 1.29 is 28.8 Å². The van der Waals surface area contributed by atoms with Crippen LogP contribution in [-0.4, -0.2) is 69.7 Å². The summed E-state index contributed by atoms with van der Waals surface area (Å²) in [5.41, 5.74) is 31.4. The number of benzene rings is 6. The van der Waals surface area contributed by atoms with Crippen molar-refractivity contribution in [2.45, 2.75) is 46.0 Å². The van der Waals surface area contributed by atoms with Crippen molar-refractivity contribution in [3.8, 4) is 0 Å². The van der Waals surface area contributed by atoms with Crippen molar-refractivity contribution in [2.24, 2.45) is 0 Å². The van der Waals surface area contributed by atoms with Crippen LogP contribution in [0.1, 0.15) is 87.5 Å². The number of nitrogens with one attached hydrogen (secondary N) is 6. The van der Waals surface area contributed by atoms with Gasteiger partial charge in [0.05, 0.1) is 38.9 Å². The molecule has 3 heterocycles. The van der Waals surface area contributed by atoms with Crippen LogP contribution < -0.4 is 33.2 Å². The fraction of sp³-hybridized carbons (Fsp3) is 0.172. The van der Waals surface area contributed by atoms with Crippen LogP contribution >= 0.6 is 0 Å². The monoisotopic (exact) mass is 973 g/mol.